The summed E-state index contributed by atoms with van der Waals surface area (Å²) in [5.74, 6) is -1.62. The highest BCUT2D eigenvalue weighted by molar-refractivity contribution is 5.88. The first kappa shape index (κ1) is 24.7. The van der Waals surface area contributed by atoms with Crippen molar-refractivity contribution in [2.75, 3.05) is 20.8 Å². The number of oxime groups is 1. The van der Waals surface area contributed by atoms with Crippen LogP contribution in [-0.2, 0) is 23.9 Å². The summed E-state index contributed by atoms with van der Waals surface area (Å²) in [5.41, 5.74) is 6.24. The van der Waals surface area contributed by atoms with Gasteiger partial charge in [-0.25, -0.2) is 9.59 Å². The van der Waals surface area contributed by atoms with Crippen LogP contribution in [0.1, 0.15) is 17.2 Å². The van der Waals surface area contributed by atoms with Crippen molar-refractivity contribution < 1.29 is 43.0 Å². The maximum atomic E-state index is 12.1. The predicted octanol–water partition coefficient (Wildman–Crippen LogP) is 1.67. The Labute approximate surface area is 188 Å². The number of carbonyl (C=O) groups is 4. The minimum atomic E-state index is -1.05. The van der Waals surface area contributed by atoms with E-state index in [2.05, 4.69) is 19.9 Å². The van der Waals surface area contributed by atoms with Crippen molar-refractivity contribution in [3.63, 3.8) is 0 Å². The molecule has 0 saturated heterocycles. The largest absolute Gasteiger partial charge is 0.513 e. The van der Waals surface area contributed by atoms with Crippen molar-refractivity contribution in [3.05, 3.63) is 59.7 Å². The second-order valence-corrected chi connectivity index (χ2v) is 6.14. The molecule has 0 aromatic heterocycles. The van der Waals surface area contributed by atoms with Crippen LogP contribution in [0.3, 0.4) is 0 Å². The van der Waals surface area contributed by atoms with Crippen LogP contribution in [0.25, 0.3) is 0 Å². The third-order valence-electron chi connectivity index (χ3n) is 3.88. The minimum Gasteiger partial charge on any atom is -0.437 e. The highest BCUT2D eigenvalue weighted by Crippen LogP contribution is 2.29. The summed E-state index contributed by atoms with van der Waals surface area (Å²) in [5, 5.41) is 6.10. The third-order valence-corrected chi connectivity index (χ3v) is 3.88. The molecular formula is C21H21N3O9. The number of carbonyl (C=O) groups excluding carboxylic acids is 4. The maximum absolute atomic E-state index is 12.1. The Balaban J connectivity index is 2.00. The zero-order chi connectivity index (χ0) is 24.2. The van der Waals surface area contributed by atoms with E-state index in [0.29, 0.717) is 11.1 Å². The fourth-order valence-electron chi connectivity index (χ4n) is 2.39. The molecule has 0 aliphatic carbocycles. The first-order valence-electron chi connectivity index (χ1n) is 9.28. The molecule has 0 heterocycles. The molecule has 12 heteroatoms. The predicted molar refractivity (Wildman–Crippen MR) is 113 cm³/mol. The Morgan fingerprint density at radius 2 is 1.61 bits per heavy atom. The molecule has 174 valence electrons. The average Bonchev–Trinajstić information content (AvgIpc) is 2.81. The van der Waals surface area contributed by atoms with E-state index in [-0.39, 0.29) is 11.5 Å². The lowest BCUT2D eigenvalue weighted by atomic mass is 10.1. The number of nitrogens with one attached hydrogen (secondary N) is 1. The number of nitrogens with two attached hydrogens (primary N) is 1. The molecule has 0 saturated carbocycles. The van der Waals surface area contributed by atoms with Gasteiger partial charge in [-0.3, -0.25) is 9.59 Å². The molecule has 2 aromatic carbocycles. The van der Waals surface area contributed by atoms with Crippen LogP contribution in [0, 0.1) is 0 Å². The van der Waals surface area contributed by atoms with Crippen LogP contribution in [0.4, 0.5) is 9.59 Å². The van der Waals surface area contributed by atoms with E-state index < -0.39 is 36.8 Å². The number of methoxy groups -OCH3 is 2. The molecule has 2 amide bonds. The van der Waals surface area contributed by atoms with Crippen molar-refractivity contribution in [3.8, 4) is 11.5 Å². The number of ether oxygens (including phenoxy) is 4. The van der Waals surface area contributed by atoms with E-state index in [1.807, 2.05) is 0 Å². The van der Waals surface area contributed by atoms with Gasteiger partial charge < -0.3 is 34.8 Å². The van der Waals surface area contributed by atoms with Crippen molar-refractivity contribution in [1.29, 1.82) is 0 Å². The molecular weight excluding hydrogens is 438 g/mol. The Morgan fingerprint density at radius 3 is 2.21 bits per heavy atom. The molecule has 3 N–H and O–H groups in total. The van der Waals surface area contributed by atoms with Gasteiger partial charge in [0.15, 0.2) is 18.1 Å². The van der Waals surface area contributed by atoms with Crippen molar-refractivity contribution in [2.45, 2.75) is 6.04 Å². The minimum absolute atomic E-state index is 0.108. The number of rotatable bonds is 9. The number of hydrogen-bond donors (Lipinski definition) is 2. The quantitative estimate of drug-likeness (QED) is 0.245. The third kappa shape index (κ3) is 7.86. The second kappa shape index (κ2) is 12.3. The summed E-state index contributed by atoms with van der Waals surface area (Å²) in [6.45, 7) is -0.498. The van der Waals surface area contributed by atoms with Crippen LogP contribution in [0.5, 0.6) is 11.5 Å². The fourth-order valence-corrected chi connectivity index (χ4v) is 2.39. The van der Waals surface area contributed by atoms with E-state index in [1.54, 1.807) is 30.3 Å². The summed E-state index contributed by atoms with van der Waals surface area (Å²) in [4.78, 5) is 51.4. The first-order chi connectivity index (χ1) is 15.8. The van der Waals surface area contributed by atoms with E-state index in [1.165, 1.54) is 24.4 Å². The van der Waals surface area contributed by atoms with Crippen molar-refractivity contribution in [2.24, 2.45) is 10.9 Å². The lowest BCUT2D eigenvalue weighted by Crippen LogP contribution is -2.39. The number of amides is 2. The number of nitrogens with zero attached hydrogens (tertiary/aromatic N) is 1. The first-order valence-corrected chi connectivity index (χ1v) is 9.28. The summed E-state index contributed by atoms with van der Waals surface area (Å²) in [7, 11) is 2.22. The van der Waals surface area contributed by atoms with Gasteiger partial charge in [-0.2, -0.15) is 0 Å². The zero-order valence-corrected chi connectivity index (χ0v) is 17.7. The van der Waals surface area contributed by atoms with E-state index in [4.69, 9.17) is 20.0 Å². The molecule has 2 aromatic rings. The van der Waals surface area contributed by atoms with Crippen molar-refractivity contribution >= 4 is 30.3 Å². The number of benzene rings is 2. The van der Waals surface area contributed by atoms with Gasteiger partial charge in [0.1, 0.15) is 6.04 Å². The highest BCUT2D eigenvalue weighted by Gasteiger charge is 2.20. The van der Waals surface area contributed by atoms with Gasteiger partial charge in [0, 0.05) is 5.56 Å². The van der Waals surface area contributed by atoms with Gasteiger partial charge in [0.05, 0.1) is 20.4 Å². The van der Waals surface area contributed by atoms with Gasteiger partial charge in [-0.1, -0.05) is 35.5 Å². The molecule has 33 heavy (non-hydrogen) atoms. The van der Waals surface area contributed by atoms with E-state index in [9.17, 15) is 19.2 Å². The van der Waals surface area contributed by atoms with Crippen LogP contribution in [0.15, 0.2) is 53.7 Å². The second-order valence-electron chi connectivity index (χ2n) is 6.14. The average molecular weight is 459 g/mol. The van der Waals surface area contributed by atoms with E-state index in [0.717, 1.165) is 14.2 Å². The van der Waals surface area contributed by atoms with Crippen LogP contribution < -0.4 is 20.5 Å². The summed E-state index contributed by atoms with van der Waals surface area (Å²) >= 11 is 0. The monoisotopic (exact) mass is 459 g/mol. The molecule has 2 rings (SSSR count). The van der Waals surface area contributed by atoms with Gasteiger partial charge in [-0.15, -0.1) is 0 Å². The van der Waals surface area contributed by atoms with Crippen LogP contribution >= 0.6 is 0 Å². The zero-order valence-electron chi connectivity index (χ0n) is 17.7. The van der Waals surface area contributed by atoms with Gasteiger partial charge in [0.2, 0.25) is 5.91 Å². The molecule has 0 aliphatic heterocycles. The van der Waals surface area contributed by atoms with E-state index >= 15 is 0 Å². The normalized spacial score (nSPS) is 11.2. The maximum Gasteiger partial charge on any atom is 0.513 e. The Kier molecular flexibility index (Phi) is 9.19. The highest BCUT2D eigenvalue weighted by atomic mass is 16.7. The Bertz CT molecular complexity index is 1020. The molecule has 1 atom stereocenters. The van der Waals surface area contributed by atoms with Gasteiger partial charge >= 0.3 is 12.3 Å². The molecule has 0 spiro atoms. The van der Waals surface area contributed by atoms with Gasteiger partial charge in [-0.05, 0) is 23.8 Å². The van der Waals surface area contributed by atoms with Crippen molar-refractivity contribution in [1.82, 2.24) is 5.32 Å². The fraction of sp³-hybridized carbons (Fsp3) is 0.190. The van der Waals surface area contributed by atoms with Gasteiger partial charge in [0.25, 0.3) is 5.91 Å². The molecule has 0 fully saturated rings. The Morgan fingerprint density at radius 1 is 0.970 bits per heavy atom. The smallest absolute Gasteiger partial charge is 0.437 e. The van der Waals surface area contributed by atoms with Crippen LogP contribution in [0.2, 0.25) is 0 Å². The standard InChI is InChI=1S/C21H21N3O9/c1-29-20(27)32-15-9-8-13(10-16(15)33-21(28)30-2)11-23-31-12-17(25)24-18(19(22)26)14-6-4-3-5-7-14/h3-11,18H,12H2,1-2H3,(H2,22,26)(H,24,25)/b23-11+. The SMILES string of the molecule is COC(=O)Oc1ccc(/C=N/OCC(=O)NC(C(N)=O)c2ccccc2)cc1OC(=O)OC. The number of hydrogen-bond acceptors (Lipinski definition) is 10. The summed E-state index contributed by atoms with van der Waals surface area (Å²) < 4.78 is 18.6. The molecule has 0 aliphatic rings. The Hall–Kier alpha value is -4.61. The molecule has 1 unspecified atom stereocenters. The topological polar surface area (TPSA) is 165 Å². The molecule has 0 radical (unpaired) electrons. The summed E-state index contributed by atoms with van der Waals surface area (Å²) in [6.07, 6.45) is -0.860. The summed E-state index contributed by atoms with van der Waals surface area (Å²) in [6, 6.07) is 11.5. The lowest BCUT2D eigenvalue weighted by molar-refractivity contribution is -0.130. The number of primary amides is 1. The van der Waals surface area contributed by atoms with Crippen LogP contribution in [-0.4, -0.2) is 51.2 Å². The molecule has 0 bridgehead atoms. The molecule has 12 nitrogen and oxygen atoms in total. The lowest BCUT2D eigenvalue weighted by Gasteiger charge is -2.15.